The highest BCUT2D eigenvalue weighted by Crippen LogP contribution is 2.24. The van der Waals surface area contributed by atoms with Crippen LogP contribution in [0.2, 0.25) is 0 Å². The Morgan fingerprint density at radius 3 is 2.78 bits per heavy atom. The van der Waals surface area contributed by atoms with Gasteiger partial charge in [0, 0.05) is 0 Å². The van der Waals surface area contributed by atoms with Crippen molar-refractivity contribution < 1.29 is 14.1 Å². The number of nitrogens with zero attached hydrogens (tertiary/aromatic N) is 4. The summed E-state index contributed by atoms with van der Waals surface area (Å²) in [5.41, 5.74) is 2.73. The molecular weight excluding hydrogens is 325 g/mol. The minimum atomic E-state index is -0.778. The zero-order valence-electron chi connectivity index (χ0n) is 12.6. The van der Waals surface area contributed by atoms with Gasteiger partial charge in [-0.3, -0.25) is 19.6 Å². The number of carbonyl (C=O) groups excluding carboxylic acids is 1. The molecule has 2 aromatic heterocycles. The molecule has 10 heteroatoms. The fourth-order valence-corrected chi connectivity index (χ4v) is 2.66. The number of carbonyl (C=O) groups is 1. The van der Waals surface area contributed by atoms with Crippen LogP contribution < -0.4 is 5.43 Å². The van der Waals surface area contributed by atoms with Crippen molar-refractivity contribution in [3.05, 3.63) is 43.6 Å². The molecule has 0 aromatic carbocycles. The molecule has 0 saturated heterocycles. The number of thiophene rings is 1. The number of nitro groups is 1. The van der Waals surface area contributed by atoms with Crippen LogP contribution in [0.25, 0.3) is 0 Å². The lowest BCUT2D eigenvalue weighted by Gasteiger charge is -2.11. The molecule has 0 aliphatic carbocycles. The number of rotatable bonds is 5. The molecule has 0 unspecified atom stereocenters. The van der Waals surface area contributed by atoms with Crippen molar-refractivity contribution in [1.82, 2.24) is 15.2 Å². The van der Waals surface area contributed by atoms with Gasteiger partial charge >= 0.3 is 5.69 Å². The largest absolute Gasteiger partial charge is 0.312 e. The van der Waals surface area contributed by atoms with Gasteiger partial charge in [0.2, 0.25) is 0 Å². The van der Waals surface area contributed by atoms with Gasteiger partial charge in [-0.15, -0.1) is 11.3 Å². The molecule has 23 heavy (non-hydrogen) atoms. The minimum Gasteiger partial charge on any atom is -0.271 e. The van der Waals surface area contributed by atoms with Crippen LogP contribution in [-0.2, 0) is 4.79 Å². The number of amides is 1. The molecule has 122 valence electrons. The molecule has 2 heterocycles. The molecule has 2 rings (SSSR count). The predicted octanol–water partition coefficient (Wildman–Crippen LogP) is 2.32. The minimum absolute atomic E-state index is 0.109. The number of hydrogen-bond acceptors (Lipinski definition) is 6. The summed E-state index contributed by atoms with van der Waals surface area (Å²) in [5, 5.41) is 18.4. The lowest BCUT2D eigenvalue weighted by atomic mass is 10.3. The molecular formula is C13H14FN5O3S. The van der Waals surface area contributed by atoms with Gasteiger partial charge in [0.1, 0.15) is 17.4 Å². The summed E-state index contributed by atoms with van der Waals surface area (Å²) in [6.45, 7) is 4.59. The second-order valence-corrected chi connectivity index (χ2v) is 5.84. The van der Waals surface area contributed by atoms with E-state index in [0.717, 1.165) is 11.3 Å². The average molecular weight is 339 g/mol. The van der Waals surface area contributed by atoms with Gasteiger partial charge < -0.3 is 0 Å². The smallest absolute Gasteiger partial charge is 0.271 e. The Morgan fingerprint density at radius 2 is 2.26 bits per heavy atom. The van der Waals surface area contributed by atoms with Crippen LogP contribution >= 0.6 is 11.3 Å². The van der Waals surface area contributed by atoms with Crippen LogP contribution in [-0.4, -0.2) is 26.8 Å². The summed E-state index contributed by atoms with van der Waals surface area (Å²) >= 11 is 0.895. The topological polar surface area (TPSA) is 102 Å². The summed E-state index contributed by atoms with van der Waals surface area (Å²) in [6, 6.07) is 2.05. The predicted molar refractivity (Wildman–Crippen MR) is 83.1 cm³/mol. The molecule has 0 spiro atoms. The summed E-state index contributed by atoms with van der Waals surface area (Å²) in [7, 11) is 0. The first-order valence-corrected chi connectivity index (χ1v) is 7.41. The van der Waals surface area contributed by atoms with Crippen molar-refractivity contribution in [2.75, 3.05) is 0 Å². The van der Waals surface area contributed by atoms with E-state index in [1.54, 1.807) is 6.92 Å². The van der Waals surface area contributed by atoms with Crippen molar-refractivity contribution in [3.63, 3.8) is 0 Å². The number of aromatic nitrogens is 2. The summed E-state index contributed by atoms with van der Waals surface area (Å²) in [5.74, 6) is -0.487. The first-order valence-electron chi connectivity index (χ1n) is 6.59. The fraction of sp³-hybridized carbons (Fsp3) is 0.308. The Morgan fingerprint density at radius 1 is 1.57 bits per heavy atom. The normalized spacial score (nSPS) is 12.5. The fourth-order valence-electron chi connectivity index (χ4n) is 2.06. The van der Waals surface area contributed by atoms with Crippen LogP contribution in [0.1, 0.15) is 29.2 Å². The Hall–Kier alpha value is -2.62. The van der Waals surface area contributed by atoms with Crippen molar-refractivity contribution in [1.29, 1.82) is 0 Å². The average Bonchev–Trinajstić information content (AvgIpc) is 3.01. The maximum Gasteiger partial charge on any atom is 0.312 e. The maximum absolute atomic E-state index is 12.8. The van der Waals surface area contributed by atoms with E-state index < -0.39 is 16.9 Å². The van der Waals surface area contributed by atoms with Gasteiger partial charge in [-0.05, 0) is 32.9 Å². The molecule has 0 saturated carbocycles. The van der Waals surface area contributed by atoms with E-state index in [1.807, 2.05) is 0 Å². The van der Waals surface area contributed by atoms with Gasteiger partial charge in [-0.1, -0.05) is 0 Å². The van der Waals surface area contributed by atoms with Gasteiger partial charge in [-0.25, -0.2) is 5.43 Å². The Bertz CT molecular complexity index is 783. The third-order valence-corrected chi connectivity index (χ3v) is 3.98. The SMILES string of the molecule is Cc1nn([C@H](C)C(=O)N/N=C\c2ccc(F)s2)c(C)c1[N+](=O)[O-]. The third kappa shape index (κ3) is 3.59. The molecule has 1 amide bonds. The van der Waals surface area contributed by atoms with Crippen molar-refractivity contribution in [2.45, 2.75) is 26.8 Å². The van der Waals surface area contributed by atoms with Gasteiger partial charge in [-0.2, -0.15) is 14.6 Å². The van der Waals surface area contributed by atoms with Crippen LogP contribution in [0.5, 0.6) is 0 Å². The Labute approximate surface area is 134 Å². The lowest BCUT2D eigenvalue weighted by Crippen LogP contribution is -2.28. The molecule has 0 bridgehead atoms. The molecule has 0 radical (unpaired) electrons. The summed E-state index contributed by atoms with van der Waals surface area (Å²) in [6.07, 6.45) is 1.32. The summed E-state index contributed by atoms with van der Waals surface area (Å²) in [4.78, 5) is 23.1. The van der Waals surface area contributed by atoms with Gasteiger partial charge in [0.25, 0.3) is 5.91 Å². The van der Waals surface area contributed by atoms with E-state index in [-0.39, 0.29) is 16.5 Å². The quantitative estimate of drug-likeness (QED) is 0.513. The molecule has 8 nitrogen and oxygen atoms in total. The zero-order chi connectivity index (χ0) is 17.1. The maximum atomic E-state index is 12.8. The van der Waals surface area contributed by atoms with E-state index in [9.17, 15) is 19.3 Å². The highest BCUT2D eigenvalue weighted by atomic mass is 32.1. The number of halogens is 1. The van der Waals surface area contributed by atoms with Crippen molar-refractivity contribution >= 4 is 29.1 Å². The van der Waals surface area contributed by atoms with Gasteiger partial charge in [0.15, 0.2) is 5.13 Å². The number of hydrazone groups is 1. The van der Waals surface area contributed by atoms with E-state index in [4.69, 9.17) is 0 Å². The highest BCUT2D eigenvalue weighted by molar-refractivity contribution is 7.12. The van der Waals surface area contributed by atoms with Gasteiger partial charge in [0.05, 0.1) is 16.0 Å². The van der Waals surface area contributed by atoms with Crippen LogP contribution in [0, 0.1) is 29.1 Å². The molecule has 1 atom stereocenters. The van der Waals surface area contributed by atoms with E-state index in [2.05, 4.69) is 15.6 Å². The standard InChI is InChI=1S/C13H14FN5O3S/c1-7-12(19(21)22)8(2)18(17-7)9(3)13(20)16-15-6-10-4-5-11(14)23-10/h4-6,9H,1-3H3,(H,16,20)/b15-6-/t9-/m1/s1. The first kappa shape index (κ1) is 16.7. The van der Waals surface area contributed by atoms with Crippen LogP contribution in [0.15, 0.2) is 17.2 Å². The number of hydrogen-bond donors (Lipinski definition) is 1. The first-order chi connectivity index (χ1) is 10.8. The molecule has 2 aromatic rings. The number of nitrogens with one attached hydrogen (secondary N) is 1. The molecule has 0 aliphatic rings. The zero-order valence-corrected chi connectivity index (χ0v) is 13.4. The lowest BCUT2D eigenvalue weighted by molar-refractivity contribution is -0.386. The van der Waals surface area contributed by atoms with Crippen molar-refractivity contribution in [3.8, 4) is 0 Å². The highest BCUT2D eigenvalue weighted by Gasteiger charge is 2.26. The Kier molecular flexibility index (Phi) is 4.84. The van der Waals surface area contributed by atoms with Crippen LogP contribution in [0.4, 0.5) is 10.1 Å². The van der Waals surface area contributed by atoms with E-state index in [0.29, 0.717) is 10.6 Å². The molecule has 1 N–H and O–H groups in total. The summed E-state index contributed by atoms with van der Waals surface area (Å²) < 4.78 is 14.1. The molecule has 0 aliphatic heterocycles. The monoisotopic (exact) mass is 339 g/mol. The van der Waals surface area contributed by atoms with E-state index in [1.165, 1.54) is 36.9 Å². The number of aryl methyl sites for hydroxylation is 1. The molecule has 0 fully saturated rings. The van der Waals surface area contributed by atoms with E-state index >= 15 is 0 Å². The second-order valence-electron chi connectivity index (χ2n) is 4.77. The second kappa shape index (κ2) is 6.65. The Balaban J connectivity index is 2.09. The van der Waals surface area contributed by atoms with Crippen LogP contribution in [0.3, 0.4) is 0 Å². The third-order valence-electron chi connectivity index (χ3n) is 3.18. The van der Waals surface area contributed by atoms with Crippen molar-refractivity contribution in [2.24, 2.45) is 5.10 Å².